The number of carboxylic acid groups (broad SMARTS) is 1. The summed E-state index contributed by atoms with van der Waals surface area (Å²) in [5, 5.41) is 9.84. The molecule has 0 saturated carbocycles. The minimum atomic E-state index is -0.925. The fourth-order valence-corrected chi connectivity index (χ4v) is 2.50. The minimum Gasteiger partial charge on any atom is -0.478 e. The molecular weight excluding hydrogens is 269 g/mol. The van der Waals surface area contributed by atoms with Crippen LogP contribution in [0.4, 0.5) is 4.39 Å². The van der Waals surface area contributed by atoms with Gasteiger partial charge in [0.25, 0.3) is 0 Å². The van der Waals surface area contributed by atoms with Gasteiger partial charge in [0.1, 0.15) is 5.82 Å². The number of benzene rings is 2. The number of hydrogen-bond acceptors (Lipinski definition) is 1. The van der Waals surface area contributed by atoms with E-state index in [0.717, 1.165) is 22.0 Å². The Balaban J connectivity index is 1.97. The van der Waals surface area contributed by atoms with Gasteiger partial charge in [0.2, 0.25) is 0 Å². The first-order valence-corrected chi connectivity index (χ1v) is 6.62. The van der Waals surface area contributed by atoms with E-state index in [1.165, 1.54) is 12.1 Å². The zero-order valence-corrected chi connectivity index (χ0v) is 11.5. The molecule has 0 fully saturated rings. The number of fused-ring (bicyclic) bond motifs is 1. The lowest BCUT2D eigenvalue weighted by Gasteiger charge is -2.09. The van der Waals surface area contributed by atoms with Gasteiger partial charge in [-0.2, -0.15) is 0 Å². The maximum atomic E-state index is 13.2. The molecule has 0 unspecified atom stereocenters. The standard InChI is InChI=1S/C17H14FNO2/c1-11-8-13(17(20)21)2-3-14(11)10-19-7-6-12-9-15(18)4-5-16(12)19/h2-9H,10H2,1H3,(H,20,21). The highest BCUT2D eigenvalue weighted by molar-refractivity contribution is 5.88. The first kappa shape index (κ1) is 13.4. The summed E-state index contributed by atoms with van der Waals surface area (Å²) in [6.45, 7) is 2.52. The van der Waals surface area contributed by atoms with Crippen molar-refractivity contribution in [1.82, 2.24) is 4.57 Å². The topological polar surface area (TPSA) is 42.2 Å². The van der Waals surface area contributed by atoms with Crippen LogP contribution in [-0.4, -0.2) is 15.6 Å². The first-order valence-electron chi connectivity index (χ1n) is 6.62. The Kier molecular flexibility index (Phi) is 3.22. The number of carbonyl (C=O) groups is 1. The van der Waals surface area contributed by atoms with Gasteiger partial charge in [-0.3, -0.25) is 0 Å². The van der Waals surface area contributed by atoms with E-state index in [9.17, 15) is 9.18 Å². The zero-order chi connectivity index (χ0) is 15.0. The lowest BCUT2D eigenvalue weighted by Crippen LogP contribution is -2.03. The van der Waals surface area contributed by atoms with Crippen molar-refractivity contribution >= 4 is 16.9 Å². The molecule has 3 nitrogen and oxygen atoms in total. The number of aryl methyl sites for hydroxylation is 1. The molecule has 0 aliphatic heterocycles. The highest BCUT2D eigenvalue weighted by atomic mass is 19.1. The molecular formula is C17H14FNO2. The molecule has 1 aromatic heterocycles. The van der Waals surface area contributed by atoms with Crippen molar-refractivity contribution in [2.24, 2.45) is 0 Å². The van der Waals surface area contributed by atoms with Crippen LogP contribution < -0.4 is 0 Å². The summed E-state index contributed by atoms with van der Waals surface area (Å²) in [6, 6.07) is 11.7. The quantitative estimate of drug-likeness (QED) is 0.793. The minimum absolute atomic E-state index is 0.248. The van der Waals surface area contributed by atoms with E-state index in [2.05, 4.69) is 0 Å². The van der Waals surface area contributed by atoms with E-state index in [-0.39, 0.29) is 11.4 Å². The second kappa shape index (κ2) is 5.05. The molecule has 2 aromatic carbocycles. The van der Waals surface area contributed by atoms with E-state index in [1.807, 2.05) is 29.8 Å². The van der Waals surface area contributed by atoms with Gasteiger partial charge in [0, 0.05) is 23.6 Å². The van der Waals surface area contributed by atoms with Gasteiger partial charge in [-0.1, -0.05) is 6.07 Å². The summed E-state index contributed by atoms with van der Waals surface area (Å²) >= 11 is 0. The largest absolute Gasteiger partial charge is 0.478 e. The first-order chi connectivity index (χ1) is 10.0. The number of aromatic carboxylic acids is 1. The van der Waals surface area contributed by atoms with Gasteiger partial charge in [-0.25, -0.2) is 9.18 Å². The molecule has 1 N–H and O–H groups in total. The Morgan fingerprint density at radius 2 is 2.00 bits per heavy atom. The van der Waals surface area contributed by atoms with Gasteiger partial charge < -0.3 is 9.67 Å². The Bertz CT molecular complexity index is 836. The molecule has 106 valence electrons. The third-order valence-corrected chi connectivity index (χ3v) is 3.66. The van der Waals surface area contributed by atoms with Crippen molar-refractivity contribution < 1.29 is 14.3 Å². The van der Waals surface area contributed by atoms with Crippen LogP contribution in [0.15, 0.2) is 48.7 Å². The molecule has 3 aromatic rings. The number of aromatic nitrogens is 1. The Hall–Kier alpha value is -2.62. The third-order valence-electron chi connectivity index (χ3n) is 3.66. The summed E-state index contributed by atoms with van der Waals surface area (Å²) in [6.07, 6.45) is 1.91. The Morgan fingerprint density at radius 3 is 2.71 bits per heavy atom. The van der Waals surface area contributed by atoms with Crippen molar-refractivity contribution in [2.45, 2.75) is 13.5 Å². The summed E-state index contributed by atoms with van der Waals surface area (Å²) in [5.74, 6) is -1.17. The van der Waals surface area contributed by atoms with Crippen molar-refractivity contribution in [1.29, 1.82) is 0 Å². The van der Waals surface area contributed by atoms with E-state index in [0.29, 0.717) is 6.54 Å². The second-order valence-electron chi connectivity index (χ2n) is 5.09. The molecule has 0 bridgehead atoms. The van der Waals surface area contributed by atoms with Gasteiger partial charge >= 0.3 is 5.97 Å². The molecule has 3 rings (SSSR count). The fourth-order valence-electron chi connectivity index (χ4n) is 2.50. The lowest BCUT2D eigenvalue weighted by atomic mass is 10.0. The normalized spacial score (nSPS) is 11.0. The van der Waals surface area contributed by atoms with Crippen molar-refractivity contribution in [2.75, 3.05) is 0 Å². The summed E-state index contributed by atoms with van der Waals surface area (Å²) in [7, 11) is 0. The van der Waals surface area contributed by atoms with Gasteiger partial charge in [-0.15, -0.1) is 0 Å². The maximum absolute atomic E-state index is 13.2. The molecule has 0 atom stereocenters. The van der Waals surface area contributed by atoms with Crippen LogP contribution in [0.3, 0.4) is 0 Å². The van der Waals surface area contributed by atoms with Crippen molar-refractivity contribution in [3.8, 4) is 0 Å². The summed E-state index contributed by atoms with van der Waals surface area (Å²) < 4.78 is 15.2. The molecule has 0 saturated heterocycles. The Labute approximate surface area is 121 Å². The van der Waals surface area contributed by atoms with Crippen LogP contribution in [0.5, 0.6) is 0 Å². The maximum Gasteiger partial charge on any atom is 0.335 e. The van der Waals surface area contributed by atoms with E-state index >= 15 is 0 Å². The Morgan fingerprint density at radius 1 is 1.19 bits per heavy atom. The molecule has 1 heterocycles. The second-order valence-corrected chi connectivity index (χ2v) is 5.09. The molecule has 0 amide bonds. The third kappa shape index (κ3) is 2.52. The molecule has 21 heavy (non-hydrogen) atoms. The molecule has 4 heteroatoms. The highest BCUT2D eigenvalue weighted by Gasteiger charge is 2.08. The summed E-state index contributed by atoms with van der Waals surface area (Å²) in [4.78, 5) is 10.9. The molecule has 0 aliphatic carbocycles. The lowest BCUT2D eigenvalue weighted by molar-refractivity contribution is 0.0697. The number of hydrogen-bond donors (Lipinski definition) is 1. The van der Waals surface area contributed by atoms with Crippen LogP contribution in [0.1, 0.15) is 21.5 Å². The van der Waals surface area contributed by atoms with Crippen LogP contribution >= 0.6 is 0 Å². The summed E-state index contributed by atoms with van der Waals surface area (Å²) in [5.41, 5.74) is 3.22. The van der Waals surface area contributed by atoms with E-state index < -0.39 is 5.97 Å². The number of nitrogens with zero attached hydrogens (tertiary/aromatic N) is 1. The van der Waals surface area contributed by atoms with Crippen LogP contribution in [0, 0.1) is 12.7 Å². The zero-order valence-electron chi connectivity index (χ0n) is 11.5. The highest BCUT2D eigenvalue weighted by Crippen LogP contribution is 2.20. The van der Waals surface area contributed by atoms with E-state index in [1.54, 1.807) is 18.2 Å². The van der Waals surface area contributed by atoms with Crippen LogP contribution in [0.25, 0.3) is 10.9 Å². The SMILES string of the molecule is Cc1cc(C(=O)O)ccc1Cn1ccc2cc(F)ccc21. The number of rotatable bonds is 3. The van der Waals surface area contributed by atoms with Gasteiger partial charge in [0.15, 0.2) is 0 Å². The molecule has 0 spiro atoms. The van der Waals surface area contributed by atoms with Crippen molar-refractivity contribution in [3.63, 3.8) is 0 Å². The number of halogens is 1. The number of carboxylic acids is 1. The van der Waals surface area contributed by atoms with Gasteiger partial charge in [-0.05, 0) is 54.4 Å². The molecule has 0 radical (unpaired) electrons. The van der Waals surface area contributed by atoms with Crippen LogP contribution in [-0.2, 0) is 6.54 Å². The van der Waals surface area contributed by atoms with Gasteiger partial charge in [0.05, 0.1) is 5.56 Å². The van der Waals surface area contributed by atoms with E-state index in [4.69, 9.17) is 5.11 Å². The predicted molar refractivity (Wildman–Crippen MR) is 79.1 cm³/mol. The average molecular weight is 283 g/mol. The molecule has 0 aliphatic rings. The fraction of sp³-hybridized carbons (Fsp3) is 0.118. The smallest absolute Gasteiger partial charge is 0.335 e. The average Bonchev–Trinajstić information content (AvgIpc) is 2.83. The van der Waals surface area contributed by atoms with Crippen molar-refractivity contribution in [3.05, 3.63) is 71.2 Å². The van der Waals surface area contributed by atoms with Crippen LogP contribution in [0.2, 0.25) is 0 Å². The monoisotopic (exact) mass is 283 g/mol. The predicted octanol–water partition coefficient (Wildman–Crippen LogP) is 3.84.